The summed E-state index contributed by atoms with van der Waals surface area (Å²) in [5, 5.41) is 39.5. The summed E-state index contributed by atoms with van der Waals surface area (Å²) in [7, 11) is 0. The first-order valence-corrected chi connectivity index (χ1v) is 15.3. The number of nitrogens with zero attached hydrogens (tertiary/aromatic N) is 2. The molecule has 1 radical (unpaired) electrons. The number of phenolic OH excluding ortho intramolecular Hbond substituents is 2. The number of phenols is 2. The molecule has 2 N–H and O–H groups in total. The second kappa shape index (κ2) is 17.3. The van der Waals surface area contributed by atoms with Crippen LogP contribution in [0.5, 0.6) is 11.5 Å². The molecule has 243 valence electrons. The van der Waals surface area contributed by atoms with Gasteiger partial charge in [0.1, 0.15) is 11.5 Å². The number of carbonyl (C=O) groups is 2. The Labute approximate surface area is 272 Å². The van der Waals surface area contributed by atoms with E-state index in [1.165, 1.54) is 17.5 Å². The van der Waals surface area contributed by atoms with Gasteiger partial charge in [-0.1, -0.05) is 53.7 Å². The molecule has 2 aromatic rings. The minimum Gasteiger partial charge on any atom is -0.550 e. The molecule has 0 amide bonds. The fraction of sp³-hybridized carbons (Fsp3) is 0.543. The number of hydrogen-bond donors (Lipinski definition) is 2. The van der Waals surface area contributed by atoms with E-state index in [-0.39, 0.29) is 28.4 Å². The van der Waals surface area contributed by atoms with E-state index in [0.29, 0.717) is 29.3 Å². The Kier molecular flexibility index (Phi) is 15.3. The van der Waals surface area contributed by atoms with Gasteiger partial charge >= 0.3 is 16.8 Å². The fourth-order valence-corrected chi connectivity index (χ4v) is 5.86. The van der Waals surface area contributed by atoms with E-state index >= 15 is 0 Å². The van der Waals surface area contributed by atoms with Crippen molar-refractivity contribution >= 4 is 24.4 Å². The summed E-state index contributed by atoms with van der Waals surface area (Å²) in [6.45, 7) is 14.8. The number of rotatable bonds is 8. The van der Waals surface area contributed by atoms with Crippen LogP contribution in [0.4, 0.5) is 0 Å². The minimum absolute atomic E-state index is 0. The summed E-state index contributed by atoms with van der Waals surface area (Å²) < 4.78 is 0. The van der Waals surface area contributed by atoms with Gasteiger partial charge in [0.05, 0.1) is 11.6 Å². The number of benzene rings is 2. The van der Waals surface area contributed by atoms with Crippen molar-refractivity contribution < 1.29 is 46.8 Å². The Morgan fingerprint density at radius 3 is 1.70 bits per heavy atom. The second-order valence-corrected chi connectivity index (χ2v) is 12.2. The summed E-state index contributed by atoms with van der Waals surface area (Å²) in [5.41, 5.74) is 5.83. The van der Waals surface area contributed by atoms with E-state index in [1.807, 2.05) is 12.4 Å². The summed E-state index contributed by atoms with van der Waals surface area (Å²) in [6, 6.07) is 8.49. The molecule has 3 unspecified atom stereocenters. The molecule has 0 aromatic heterocycles. The first-order chi connectivity index (χ1) is 20.1. The number of aromatic hydroxyl groups is 2. The number of aryl methyl sites for hydroxylation is 2. The Hall–Kier alpha value is -3.17. The van der Waals surface area contributed by atoms with Crippen LogP contribution in [0.15, 0.2) is 34.3 Å². The molecule has 0 heterocycles. The van der Waals surface area contributed by atoms with Crippen molar-refractivity contribution in [2.45, 2.75) is 117 Å². The Morgan fingerprint density at radius 2 is 1.32 bits per heavy atom. The molecule has 44 heavy (non-hydrogen) atoms. The number of carboxylic acids is 2. The first kappa shape index (κ1) is 38.9. The third-order valence-electron chi connectivity index (χ3n) is 8.24. The zero-order valence-electron chi connectivity index (χ0n) is 27.3. The van der Waals surface area contributed by atoms with E-state index in [2.05, 4.69) is 65.8 Å². The zero-order valence-corrected chi connectivity index (χ0v) is 28.3. The van der Waals surface area contributed by atoms with Crippen LogP contribution in [0.2, 0.25) is 0 Å². The number of carbonyl (C=O) groups excluding carboxylic acids is 2. The molecule has 2 aromatic carbocycles. The van der Waals surface area contributed by atoms with Gasteiger partial charge in [0.25, 0.3) is 0 Å². The maximum atomic E-state index is 10.9. The number of fused-ring (bicyclic) bond motifs is 2. The van der Waals surface area contributed by atoms with Crippen LogP contribution in [-0.2, 0) is 39.2 Å². The van der Waals surface area contributed by atoms with Crippen LogP contribution in [0.25, 0.3) is 0 Å². The van der Waals surface area contributed by atoms with Crippen molar-refractivity contribution in [1.29, 1.82) is 0 Å². The molecule has 0 saturated heterocycles. The first-order valence-electron chi connectivity index (χ1n) is 15.3. The zero-order chi connectivity index (χ0) is 32.5. The van der Waals surface area contributed by atoms with Crippen molar-refractivity contribution in [3.8, 4) is 11.5 Å². The molecule has 8 nitrogen and oxygen atoms in total. The van der Waals surface area contributed by atoms with Crippen LogP contribution in [-0.4, -0.2) is 46.2 Å². The number of aliphatic imine (C=N–C) groups is 2. The standard InChI is InChI=1S/C31H42N2O2.2C2H4O2.Co/c1-7-22-12-24(19(3)4)14-26(29(22)34)17-32-28-11-21-9-10-31(28,16-21)33-18-27-15-25(20(5)6)13-23(8-2)30(27)35;2*1-2(3)4;/h12-15,17-21,28,34-35H,7-11,16H2,1-6H3;2*1H3,(H,3,4);/q;;;+2/p-2. The molecule has 2 bridgehead atoms. The number of aliphatic carboxylic acids is 2. The SMILES string of the molecule is CC(=O)[O-].CC(=O)[O-].CCc1cc(C(C)C)cc(C=NC2CC3CCC2(N=Cc2cc(C(C)C)cc(CC)c2O)C3)c1O.[Co+2]. The second-order valence-electron chi connectivity index (χ2n) is 12.2. The maximum absolute atomic E-state index is 10.9. The predicted molar refractivity (Wildman–Crippen MR) is 168 cm³/mol. The average molecular weight is 652 g/mol. The van der Waals surface area contributed by atoms with Crippen molar-refractivity contribution in [2.24, 2.45) is 15.9 Å². The quantitative estimate of drug-likeness (QED) is 0.391. The molecule has 0 aliphatic heterocycles. The average Bonchev–Trinajstić information content (AvgIpc) is 3.49. The molecule has 2 fully saturated rings. The van der Waals surface area contributed by atoms with Crippen LogP contribution in [0, 0.1) is 5.92 Å². The van der Waals surface area contributed by atoms with Crippen molar-refractivity contribution in [1.82, 2.24) is 0 Å². The van der Waals surface area contributed by atoms with Gasteiger partial charge in [0.2, 0.25) is 0 Å². The molecule has 3 atom stereocenters. The van der Waals surface area contributed by atoms with Gasteiger partial charge in [0, 0.05) is 35.5 Å². The Balaban J connectivity index is 0.000000962. The van der Waals surface area contributed by atoms with Gasteiger partial charge < -0.3 is 30.0 Å². The van der Waals surface area contributed by atoms with Crippen molar-refractivity contribution in [3.05, 3.63) is 57.6 Å². The van der Waals surface area contributed by atoms with Gasteiger partial charge in [-0.2, -0.15) is 0 Å². The normalized spacial score (nSPS) is 20.3. The molecule has 9 heteroatoms. The molecule has 2 aliphatic carbocycles. The van der Waals surface area contributed by atoms with Gasteiger partial charge in [-0.15, -0.1) is 0 Å². The summed E-state index contributed by atoms with van der Waals surface area (Å²) in [4.78, 5) is 28.0. The summed E-state index contributed by atoms with van der Waals surface area (Å²) in [6.07, 6.45) is 9.69. The minimum atomic E-state index is -1.08. The molecule has 0 spiro atoms. The smallest absolute Gasteiger partial charge is 0.550 e. The molecule has 4 rings (SSSR count). The molecular formula is C35H48CoN2O6. The van der Waals surface area contributed by atoms with Crippen molar-refractivity contribution in [2.75, 3.05) is 0 Å². The van der Waals surface area contributed by atoms with Crippen LogP contribution in [0.1, 0.15) is 126 Å². The van der Waals surface area contributed by atoms with Gasteiger partial charge in [-0.3, -0.25) is 9.98 Å². The monoisotopic (exact) mass is 651 g/mol. The summed E-state index contributed by atoms with van der Waals surface area (Å²) in [5.74, 6) is -0.0177. The Morgan fingerprint density at radius 1 is 0.886 bits per heavy atom. The van der Waals surface area contributed by atoms with E-state index in [9.17, 15) is 10.2 Å². The van der Waals surface area contributed by atoms with Crippen LogP contribution >= 0.6 is 0 Å². The van der Waals surface area contributed by atoms with Gasteiger partial charge in [0.15, 0.2) is 0 Å². The van der Waals surface area contributed by atoms with Crippen LogP contribution < -0.4 is 10.2 Å². The fourth-order valence-electron chi connectivity index (χ4n) is 5.86. The van der Waals surface area contributed by atoms with Crippen LogP contribution in [0.3, 0.4) is 0 Å². The number of hydrogen-bond acceptors (Lipinski definition) is 8. The van der Waals surface area contributed by atoms with E-state index < -0.39 is 11.9 Å². The predicted octanol–water partition coefficient (Wildman–Crippen LogP) is 4.83. The van der Waals surface area contributed by atoms with Crippen molar-refractivity contribution in [3.63, 3.8) is 0 Å². The van der Waals surface area contributed by atoms with E-state index in [0.717, 1.165) is 68.2 Å². The third kappa shape index (κ3) is 10.5. The third-order valence-corrected chi connectivity index (χ3v) is 8.24. The molecule has 2 saturated carbocycles. The largest absolute Gasteiger partial charge is 2.00 e. The number of carboxylic acid groups (broad SMARTS) is 2. The van der Waals surface area contributed by atoms with E-state index in [4.69, 9.17) is 29.8 Å². The topological polar surface area (TPSA) is 145 Å². The van der Waals surface area contributed by atoms with Gasteiger partial charge in [-0.05, 0) is 105 Å². The molecular weight excluding hydrogens is 603 g/mol. The Bertz CT molecular complexity index is 1320. The van der Waals surface area contributed by atoms with E-state index in [1.54, 1.807) is 0 Å². The summed E-state index contributed by atoms with van der Waals surface area (Å²) >= 11 is 0. The molecule has 2 aliphatic rings. The maximum Gasteiger partial charge on any atom is 2.00 e. The van der Waals surface area contributed by atoms with Gasteiger partial charge in [-0.25, -0.2) is 0 Å².